The van der Waals surface area contributed by atoms with Gasteiger partial charge in [-0.05, 0) is 37.2 Å². The number of nitrogens with zero attached hydrogens (tertiary/aromatic N) is 2. The topological polar surface area (TPSA) is 58.0 Å². The summed E-state index contributed by atoms with van der Waals surface area (Å²) in [5.74, 6) is 1.75. The smallest absolute Gasteiger partial charge is 0.255 e. The second-order valence-electron chi connectivity index (χ2n) is 9.69. The summed E-state index contributed by atoms with van der Waals surface area (Å²) in [5, 5.41) is 4.05. The average Bonchev–Trinajstić information content (AvgIpc) is 3.27. The van der Waals surface area contributed by atoms with Crippen molar-refractivity contribution in [2.24, 2.45) is 0 Å². The zero-order chi connectivity index (χ0) is 23.4. The Morgan fingerprint density at radius 1 is 1.06 bits per heavy atom. The monoisotopic (exact) mass is 449 g/mol. The van der Waals surface area contributed by atoms with Gasteiger partial charge >= 0.3 is 0 Å². The number of furan rings is 1. The molecule has 2 heterocycles. The molecule has 176 valence electrons. The normalized spacial score (nSPS) is 15.1. The fraction of sp³-hybridized carbons (Fsp3) is 0.444. The van der Waals surface area contributed by atoms with E-state index in [0.717, 1.165) is 61.7 Å². The number of nitrogens with one attached hydrogen (secondary N) is 1. The van der Waals surface area contributed by atoms with Crippen LogP contribution in [0, 0.1) is 0 Å². The zero-order valence-electron chi connectivity index (χ0n) is 20.2. The summed E-state index contributed by atoms with van der Waals surface area (Å²) < 4.78 is 11.6. The first kappa shape index (κ1) is 23.2. The number of hydrogen-bond acceptors (Lipinski definition) is 5. The van der Waals surface area contributed by atoms with Crippen molar-refractivity contribution in [3.63, 3.8) is 0 Å². The first-order chi connectivity index (χ1) is 15.9. The Bertz CT molecular complexity index is 1090. The highest BCUT2D eigenvalue weighted by Gasteiger charge is 2.22. The molecule has 0 bridgehead atoms. The van der Waals surface area contributed by atoms with Crippen molar-refractivity contribution in [3.8, 4) is 5.75 Å². The zero-order valence-corrected chi connectivity index (χ0v) is 20.2. The van der Waals surface area contributed by atoms with Gasteiger partial charge in [0, 0.05) is 43.5 Å². The van der Waals surface area contributed by atoms with Gasteiger partial charge in [0.2, 0.25) is 0 Å². The van der Waals surface area contributed by atoms with Crippen LogP contribution in [0.4, 0.5) is 5.69 Å². The van der Waals surface area contributed by atoms with Crippen LogP contribution in [0.3, 0.4) is 0 Å². The number of hydrogen-bond donors (Lipinski definition) is 1. The molecule has 1 fully saturated rings. The van der Waals surface area contributed by atoms with Crippen molar-refractivity contribution in [1.82, 2.24) is 10.2 Å². The van der Waals surface area contributed by atoms with Gasteiger partial charge < -0.3 is 19.4 Å². The average molecular weight is 450 g/mol. The quantitative estimate of drug-likeness (QED) is 0.531. The van der Waals surface area contributed by atoms with Crippen molar-refractivity contribution in [1.29, 1.82) is 0 Å². The summed E-state index contributed by atoms with van der Waals surface area (Å²) >= 11 is 0. The van der Waals surface area contributed by atoms with E-state index in [1.165, 1.54) is 0 Å². The van der Waals surface area contributed by atoms with Crippen LogP contribution in [-0.2, 0) is 5.41 Å². The molecule has 0 radical (unpaired) electrons. The third kappa shape index (κ3) is 5.33. The van der Waals surface area contributed by atoms with E-state index in [2.05, 4.69) is 48.0 Å². The lowest BCUT2D eigenvalue weighted by Gasteiger charge is -2.36. The van der Waals surface area contributed by atoms with Crippen LogP contribution in [0.2, 0.25) is 0 Å². The van der Waals surface area contributed by atoms with E-state index < -0.39 is 0 Å². The van der Waals surface area contributed by atoms with Gasteiger partial charge in [-0.2, -0.15) is 0 Å². The van der Waals surface area contributed by atoms with Gasteiger partial charge in [0.1, 0.15) is 17.1 Å². The summed E-state index contributed by atoms with van der Waals surface area (Å²) in [6.45, 7) is 11.9. The molecule has 1 aliphatic heterocycles. The van der Waals surface area contributed by atoms with Crippen LogP contribution in [0.25, 0.3) is 11.0 Å². The van der Waals surface area contributed by atoms with Crippen molar-refractivity contribution in [3.05, 3.63) is 59.9 Å². The number of amides is 1. The van der Waals surface area contributed by atoms with Crippen LogP contribution >= 0.6 is 0 Å². The predicted molar refractivity (Wildman–Crippen MR) is 134 cm³/mol. The highest BCUT2D eigenvalue weighted by atomic mass is 16.5. The molecule has 4 rings (SSSR count). The van der Waals surface area contributed by atoms with E-state index >= 15 is 0 Å². The number of anilines is 1. The number of carbonyl (C=O) groups is 1. The molecule has 0 spiro atoms. The van der Waals surface area contributed by atoms with Gasteiger partial charge in [0.05, 0.1) is 18.4 Å². The van der Waals surface area contributed by atoms with Crippen molar-refractivity contribution >= 4 is 22.6 Å². The maximum atomic E-state index is 12.8. The Hall–Kier alpha value is -2.99. The second-order valence-corrected chi connectivity index (χ2v) is 9.69. The molecule has 2 aromatic carbocycles. The van der Waals surface area contributed by atoms with Crippen LogP contribution in [0.15, 0.2) is 52.9 Å². The van der Waals surface area contributed by atoms with E-state index in [9.17, 15) is 4.79 Å². The van der Waals surface area contributed by atoms with Gasteiger partial charge in [-0.15, -0.1) is 0 Å². The lowest BCUT2D eigenvalue weighted by atomic mass is 9.93. The number of benzene rings is 2. The van der Waals surface area contributed by atoms with Crippen LogP contribution in [0.5, 0.6) is 5.75 Å². The minimum Gasteiger partial charge on any atom is -0.495 e. The van der Waals surface area contributed by atoms with Crippen LogP contribution in [-0.4, -0.2) is 57.2 Å². The first-order valence-electron chi connectivity index (χ1n) is 11.8. The number of piperazine rings is 1. The van der Waals surface area contributed by atoms with E-state index in [1.54, 1.807) is 7.11 Å². The Morgan fingerprint density at radius 2 is 1.82 bits per heavy atom. The van der Waals surface area contributed by atoms with Crippen LogP contribution in [0.1, 0.15) is 43.3 Å². The predicted octanol–water partition coefficient (Wildman–Crippen LogP) is 4.68. The maximum absolute atomic E-state index is 12.8. The number of methoxy groups -OCH3 is 1. The molecule has 1 saturated heterocycles. The summed E-state index contributed by atoms with van der Waals surface area (Å²) in [5.41, 5.74) is 2.34. The molecule has 33 heavy (non-hydrogen) atoms. The van der Waals surface area contributed by atoms with Gasteiger partial charge in [-0.1, -0.05) is 45.0 Å². The largest absolute Gasteiger partial charge is 0.495 e. The molecule has 1 N–H and O–H groups in total. The van der Waals surface area contributed by atoms with Crippen molar-refractivity contribution in [2.45, 2.75) is 32.6 Å². The number of para-hydroxylation sites is 3. The van der Waals surface area contributed by atoms with E-state index in [4.69, 9.17) is 9.15 Å². The van der Waals surface area contributed by atoms with Gasteiger partial charge in [-0.3, -0.25) is 9.69 Å². The van der Waals surface area contributed by atoms with E-state index in [-0.39, 0.29) is 11.3 Å². The fourth-order valence-corrected chi connectivity index (χ4v) is 4.31. The van der Waals surface area contributed by atoms with Gasteiger partial charge in [0.25, 0.3) is 5.91 Å². The summed E-state index contributed by atoms with van der Waals surface area (Å²) in [6, 6.07) is 16.0. The maximum Gasteiger partial charge on any atom is 0.255 e. The third-order valence-electron chi connectivity index (χ3n) is 6.26. The minimum atomic E-state index is -0.0948. The highest BCUT2D eigenvalue weighted by molar-refractivity contribution is 6.05. The molecule has 0 atom stereocenters. The Kier molecular flexibility index (Phi) is 6.94. The lowest BCUT2D eigenvalue weighted by Crippen LogP contribution is -2.47. The van der Waals surface area contributed by atoms with Crippen molar-refractivity contribution in [2.75, 3.05) is 51.3 Å². The van der Waals surface area contributed by atoms with Gasteiger partial charge in [0.15, 0.2) is 0 Å². The number of carbonyl (C=O) groups excluding carboxylic acids is 1. The van der Waals surface area contributed by atoms with E-state index in [1.807, 2.05) is 36.4 Å². The fourth-order valence-electron chi connectivity index (χ4n) is 4.31. The molecular formula is C27H35N3O3. The van der Waals surface area contributed by atoms with Crippen molar-refractivity contribution < 1.29 is 13.9 Å². The Balaban J connectivity index is 1.25. The summed E-state index contributed by atoms with van der Waals surface area (Å²) in [7, 11) is 1.72. The molecule has 0 saturated carbocycles. The Labute approximate surface area is 196 Å². The standard InChI is InChI=1S/C27H35N3O3/c1-27(2,3)24-19-20-9-7-10-21(25(20)33-24)26(31)28-13-8-14-29-15-17-30(18-16-29)22-11-5-6-12-23(22)32-4/h5-7,9-12,19H,8,13-18H2,1-4H3,(H,28,31). The number of rotatable bonds is 7. The summed E-state index contributed by atoms with van der Waals surface area (Å²) in [4.78, 5) is 17.7. The molecule has 6 heteroatoms. The van der Waals surface area contributed by atoms with Crippen LogP contribution < -0.4 is 15.0 Å². The molecule has 0 unspecified atom stereocenters. The third-order valence-corrected chi connectivity index (χ3v) is 6.26. The highest BCUT2D eigenvalue weighted by Crippen LogP contribution is 2.31. The molecule has 0 aliphatic carbocycles. The Morgan fingerprint density at radius 3 is 2.55 bits per heavy atom. The molecule has 3 aromatic rings. The molecule has 1 aromatic heterocycles. The SMILES string of the molecule is COc1ccccc1N1CCN(CCCNC(=O)c2cccc3cc(C(C)(C)C)oc23)CC1. The second kappa shape index (κ2) is 9.87. The lowest BCUT2D eigenvalue weighted by molar-refractivity contribution is 0.0952. The minimum absolute atomic E-state index is 0.0728. The molecule has 1 amide bonds. The molecular weight excluding hydrogens is 414 g/mol. The molecule has 6 nitrogen and oxygen atoms in total. The van der Waals surface area contributed by atoms with E-state index in [0.29, 0.717) is 17.7 Å². The number of fused-ring (bicyclic) bond motifs is 1. The molecule has 1 aliphatic rings. The number of ether oxygens (including phenoxy) is 1. The summed E-state index contributed by atoms with van der Waals surface area (Å²) in [6.07, 6.45) is 0.918. The first-order valence-corrected chi connectivity index (χ1v) is 11.8. The van der Waals surface area contributed by atoms with Gasteiger partial charge in [-0.25, -0.2) is 0 Å².